The van der Waals surface area contributed by atoms with E-state index in [1.54, 1.807) is 25.1 Å². The molecule has 9 nitrogen and oxygen atoms in total. The first-order valence-corrected chi connectivity index (χ1v) is 9.68. The number of nitro benzene ring substituents is 1. The van der Waals surface area contributed by atoms with Crippen molar-refractivity contribution >= 4 is 45.3 Å². The van der Waals surface area contributed by atoms with E-state index in [1.165, 1.54) is 18.2 Å². The standard InChI is InChI=1S/C20H17BrN2O7/c1-2-28-15-4-5-16(17(9-15)23(26)27)22-19(24)11-30-20(25)13-7-12-8-14(21)3-6-18(12)29-10-13/h3-9H,2,10-11H2,1H3,(H,22,24). The van der Waals surface area contributed by atoms with Gasteiger partial charge in [0.05, 0.1) is 23.2 Å². The Bertz CT molecular complexity index is 1040. The van der Waals surface area contributed by atoms with Crippen molar-refractivity contribution in [1.82, 2.24) is 0 Å². The molecule has 1 amide bonds. The van der Waals surface area contributed by atoms with E-state index in [4.69, 9.17) is 14.2 Å². The quantitative estimate of drug-likeness (QED) is 0.367. The lowest BCUT2D eigenvalue weighted by Crippen LogP contribution is -2.24. The molecule has 0 saturated carbocycles. The van der Waals surface area contributed by atoms with Crippen LogP contribution in [0.15, 0.2) is 46.4 Å². The summed E-state index contributed by atoms with van der Waals surface area (Å²) in [7, 11) is 0. The Balaban J connectivity index is 1.62. The smallest absolute Gasteiger partial charge is 0.338 e. The number of benzene rings is 2. The van der Waals surface area contributed by atoms with Crippen LogP contribution >= 0.6 is 15.9 Å². The molecule has 0 radical (unpaired) electrons. The normalized spacial score (nSPS) is 12.1. The lowest BCUT2D eigenvalue weighted by atomic mass is 10.1. The van der Waals surface area contributed by atoms with Gasteiger partial charge in [-0.05, 0) is 43.3 Å². The van der Waals surface area contributed by atoms with E-state index in [0.717, 1.165) is 4.47 Å². The van der Waals surface area contributed by atoms with Crippen molar-refractivity contribution in [3.05, 3.63) is 62.1 Å². The Morgan fingerprint density at radius 1 is 1.27 bits per heavy atom. The molecule has 156 valence electrons. The number of esters is 1. The fraction of sp³-hybridized carbons (Fsp3) is 0.200. The van der Waals surface area contributed by atoms with Gasteiger partial charge in [-0.1, -0.05) is 15.9 Å². The number of halogens is 1. The third kappa shape index (κ3) is 5.15. The maximum Gasteiger partial charge on any atom is 0.338 e. The van der Waals surface area contributed by atoms with Crippen molar-refractivity contribution < 1.29 is 28.7 Å². The monoisotopic (exact) mass is 476 g/mol. The van der Waals surface area contributed by atoms with Crippen LogP contribution < -0.4 is 14.8 Å². The van der Waals surface area contributed by atoms with Gasteiger partial charge in [0.2, 0.25) is 0 Å². The second-order valence-electron chi connectivity index (χ2n) is 6.13. The Morgan fingerprint density at radius 3 is 2.80 bits per heavy atom. The van der Waals surface area contributed by atoms with Crippen molar-refractivity contribution in [2.75, 3.05) is 25.1 Å². The predicted molar refractivity (Wildman–Crippen MR) is 111 cm³/mol. The van der Waals surface area contributed by atoms with E-state index < -0.39 is 23.4 Å². The van der Waals surface area contributed by atoms with Crippen LogP contribution in [-0.2, 0) is 14.3 Å². The number of ether oxygens (including phenoxy) is 3. The minimum atomic E-state index is -0.712. The van der Waals surface area contributed by atoms with Crippen LogP contribution in [0.5, 0.6) is 11.5 Å². The molecule has 0 spiro atoms. The highest BCUT2D eigenvalue weighted by Crippen LogP contribution is 2.30. The first-order chi connectivity index (χ1) is 14.4. The molecule has 0 saturated heterocycles. The number of nitrogens with one attached hydrogen (secondary N) is 1. The molecule has 3 rings (SSSR count). The van der Waals surface area contributed by atoms with Gasteiger partial charge >= 0.3 is 5.97 Å². The fourth-order valence-corrected chi connectivity index (χ4v) is 3.08. The van der Waals surface area contributed by atoms with Gasteiger partial charge in [-0.15, -0.1) is 0 Å². The van der Waals surface area contributed by atoms with Crippen LogP contribution in [0, 0.1) is 10.1 Å². The minimum absolute atomic E-state index is 0.0133. The number of anilines is 1. The summed E-state index contributed by atoms with van der Waals surface area (Å²) >= 11 is 3.35. The van der Waals surface area contributed by atoms with Crippen molar-refractivity contribution in [1.29, 1.82) is 0 Å². The van der Waals surface area contributed by atoms with Crippen molar-refractivity contribution in [2.45, 2.75) is 6.92 Å². The van der Waals surface area contributed by atoms with E-state index in [2.05, 4.69) is 21.2 Å². The van der Waals surface area contributed by atoms with Gasteiger partial charge in [-0.2, -0.15) is 0 Å². The molecule has 0 bridgehead atoms. The van der Waals surface area contributed by atoms with Gasteiger partial charge in [-0.3, -0.25) is 14.9 Å². The summed E-state index contributed by atoms with van der Waals surface area (Å²) in [4.78, 5) is 35.0. The SMILES string of the molecule is CCOc1ccc(NC(=O)COC(=O)C2=Cc3cc(Br)ccc3OC2)c([N+](=O)[O-])c1. The van der Waals surface area contributed by atoms with Gasteiger partial charge in [0.15, 0.2) is 6.61 Å². The number of fused-ring (bicyclic) bond motifs is 1. The zero-order valence-corrected chi connectivity index (χ0v) is 17.4. The molecule has 0 atom stereocenters. The lowest BCUT2D eigenvalue weighted by Gasteiger charge is -2.17. The summed E-state index contributed by atoms with van der Waals surface area (Å²) in [5, 5.41) is 13.6. The number of carbonyl (C=O) groups is 2. The number of carbonyl (C=O) groups excluding carboxylic acids is 2. The van der Waals surface area contributed by atoms with Gasteiger partial charge in [0.25, 0.3) is 11.6 Å². The summed E-state index contributed by atoms with van der Waals surface area (Å²) in [6, 6.07) is 9.45. The predicted octanol–water partition coefficient (Wildman–Crippen LogP) is 3.71. The molecule has 0 aromatic heterocycles. The fourth-order valence-electron chi connectivity index (χ4n) is 2.70. The van der Waals surface area contributed by atoms with Crippen LogP contribution in [0.4, 0.5) is 11.4 Å². The third-order valence-electron chi connectivity index (χ3n) is 4.03. The Kier molecular flexibility index (Phi) is 6.68. The molecular formula is C20H17BrN2O7. The van der Waals surface area contributed by atoms with Crippen molar-refractivity contribution in [3.63, 3.8) is 0 Å². The zero-order chi connectivity index (χ0) is 21.7. The summed E-state index contributed by atoms with van der Waals surface area (Å²) in [6.45, 7) is 1.51. The number of hydrogen-bond donors (Lipinski definition) is 1. The molecule has 0 unspecified atom stereocenters. The largest absolute Gasteiger partial charge is 0.494 e. The zero-order valence-electron chi connectivity index (χ0n) is 15.8. The van der Waals surface area contributed by atoms with E-state index >= 15 is 0 Å². The van der Waals surface area contributed by atoms with E-state index in [0.29, 0.717) is 23.7 Å². The average Bonchev–Trinajstić information content (AvgIpc) is 2.72. The highest BCUT2D eigenvalue weighted by Gasteiger charge is 2.21. The Morgan fingerprint density at radius 2 is 2.07 bits per heavy atom. The highest BCUT2D eigenvalue weighted by atomic mass is 79.9. The molecular weight excluding hydrogens is 460 g/mol. The molecule has 2 aromatic rings. The Hall–Kier alpha value is -3.40. The Labute approximate surface area is 179 Å². The number of hydrogen-bond acceptors (Lipinski definition) is 7. The molecule has 1 heterocycles. The van der Waals surface area contributed by atoms with Crippen LogP contribution in [-0.4, -0.2) is 36.6 Å². The van der Waals surface area contributed by atoms with Gasteiger partial charge < -0.3 is 19.5 Å². The summed E-state index contributed by atoms with van der Waals surface area (Å²) < 4.78 is 16.6. The average molecular weight is 477 g/mol. The van der Waals surface area contributed by atoms with Gasteiger partial charge in [0.1, 0.15) is 23.8 Å². The van der Waals surface area contributed by atoms with E-state index in [9.17, 15) is 19.7 Å². The summed E-state index contributed by atoms with van der Waals surface area (Å²) in [5.41, 5.74) is 0.604. The second kappa shape index (κ2) is 9.40. The van der Waals surface area contributed by atoms with Crippen LogP contribution in [0.25, 0.3) is 6.08 Å². The van der Waals surface area contributed by atoms with Crippen molar-refractivity contribution in [2.24, 2.45) is 0 Å². The maximum absolute atomic E-state index is 12.3. The van der Waals surface area contributed by atoms with Crippen LogP contribution in [0.3, 0.4) is 0 Å². The second-order valence-corrected chi connectivity index (χ2v) is 7.05. The minimum Gasteiger partial charge on any atom is -0.494 e. The number of nitro groups is 1. The number of amides is 1. The molecule has 1 N–H and O–H groups in total. The maximum atomic E-state index is 12.3. The summed E-state index contributed by atoms with van der Waals surface area (Å²) in [5.74, 6) is -0.479. The first-order valence-electron chi connectivity index (χ1n) is 8.88. The molecule has 10 heteroatoms. The number of rotatable bonds is 7. The van der Waals surface area contributed by atoms with Crippen LogP contribution in [0.1, 0.15) is 12.5 Å². The molecule has 2 aromatic carbocycles. The number of nitrogens with zero attached hydrogens (tertiary/aromatic N) is 1. The van der Waals surface area contributed by atoms with Gasteiger partial charge in [0, 0.05) is 10.0 Å². The molecule has 0 fully saturated rings. The molecule has 0 aliphatic carbocycles. The van der Waals surface area contributed by atoms with Crippen molar-refractivity contribution in [3.8, 4) is 11.5 Å². The summed E-state index contributed by atoms with van der Waals surface area (Å²) in [6.07, 6.45) is 1.63. The highest BCUT2D eigenvalue weighted by molar-refractivity contribution is 9.10. The first kappa shape index (κ1) is 21.3. The lowest BCUT2D eigenvalue weighted by molar-refractivity contribution is -0.384. The topological polar surface area (TPSA) is 117 Å². The molecule has 1 aliphatic rings. The molecule has 30 heavy (non-hydrogen) atoms. The van der Waals surface area contributed by atoms with Gasteiger partial charge in [-0.25, -0.2) is 4.79 Å². The molecule has 1 aliphatic heterocycles. The van der Waals surface area contributed by atoms with Crippen LogP contribution in [0.2, 0.25) is 0 Å². The van der Waals surface area contributed by atoms with E-state index in [1.807, 2.05) is 6.07 Å². The van der Waals surface area contributed by atoms with E-state index in [-0.39, 0.29) is 23.6 Å². The third-order valence-corrected chi connectivity index (χ3v) is 4.53.